The molecule has 0 radical (unpaired) electrons. The van der Waals surface area contributed by atoms with E-state index in [0.29, 0.717) is 10.8 Å². The lowest BCUT2D eigenvalue weighted by Gasteiger charge is -2.04. The van der Waals surface area contributed by atoms with Crippen LogP contribution in [0.1, 0.15) is 0 Å². The fourth-order valence-corrected chi connectivity index (χ4v) is 1.86. The molecule has 2 aromatic rings. The van der Waals surface area contributed by atoms with Gasteiger partial charge in [-0.15, -0.1) is 10.2 Å². The molecule has 0 aliphatic carbocycles. The summed E-state index contributed by atoms with van der Waals surface area (Å²) in [6.07, 6.45) is 1.34. The number of halogens is 1. The number of aromatic nitrogens is 3. The predicted octanol–water partition coefficient (Wildman–Crippen LogP) is 0.862. The van der Waals surface area contributed by atoms with Crippen molar-refractivity contribution in [2.75, 3.05) is 16.9 Å². The van der Waals surface area contributed by atoms with Crippen molar-refractivity contribution < 1.29 is 9.18 Å². The topological polar surface area (TPSA) is 85.8 Å². The van der Waals surface area contributed by atoms with Crippen LogP contribution in [-0.4, -0.2) is 26.5 Å². The summed E-state index contributed by atoms with van der Waals surface area (Å²) in [5.41, 5.74) is 0.412. The molecule has 0 aliphatic rings. The van der Waals surface area contributed by atoms with E-state index in [2.05, 4.69) is 15.5 Å². The van der Waals surface area contributed by atoms with Gasteiger partial charge in [-0.25, -0.2) is 9.07 Å². The molecule has 3 N–H and O–H groups in total. The van der Waals surface area contributed by atoms with Gasteiger partial charge in [-0.3, -0.25) is 4.79 Å². The lowest BCUT2D eigenvalue weighted by Crippen LogP contribution is -2.15. The standard InChI is InChI=1S/C10H10FN5OS/c11-7-2-1-3-8(4-7)14-9(17)5-18-10-15-13-6-16(10)12/h1-4,6H,5,12H2,(H,14,17). The van der Waals surface area contributed by atoms with Crippen molar-refractivity contribution in [3.05, 3.63) is 36.4 Å². The van der Waals surface area contributed by atoms with Crippen LogP contribution in [0.3, 0.4) is 0 Å². The molecule has 0 spiro atoms. The zero-order chi connectivity index (χ0) is 13.0. The van der Waals surface area contributed by atoms with Gasteiger partial charge in [-0.1, -0.05) is 17.8 Å². The van der Waals surface area contributed by atoms with Crippen molar-refractivity contribution >= 4 is 23.4 Å². The molecule has 18 heavy (non-hydrogen) atoms. The van der Waals surface area contributed by atoms with E-state index >= 15 is 0 Å². The first-order valence-electron chi connectivity index (χ1n) is 4.98. The van der Waals surface area contributed by atoms with Gasteiger partial charge < -0.3 is 11.2 Å². The number of nitrogen functional groups attached to an aromatic ring is 1. The molecule has 0 fully saturated rings. The minimum atomic E-state index is -0.401. The molecule has 1 aromatic heterocycles. The molecule has 0 aliphatic heterocycles. The Kier molecular flexibility index (Phi) is 3.78. The average Bonchev–Trinajstić information content (AvgIpc) is 2.72. The SMILES string of the molecule is Nn1cnnc1SCC(=O)Nc1cccc(F)c1. The molecule has 0 unspecified atom stereocenters. The summed E-state index contributed by atoms with van der Waals surface area (Å²) in [5, 5.41) is 10.3. The van der Waals surface area contributed by atoms with E-state index in [1.54, 1.807) is 6.07 Å². The number of thioether (sulfide) groups is 1. The van der Waals surface area contributed by atoms with Crippen molar-refractivity contribution in [2.45, 2.75) is 5.16 Å². The first-order valence-corrected chi connectivity index (χ1v) is 5.97. The summed E-state index contributed by atoms with van der Waals surface area (Å²) in [7, 11) is 0. The highest BCUT2D eigenvalue weighted by atomic mass is 32.2. The number of anilines is 1. The summed E-state index contributed by atoms with van der Waals surface area (Å²) in [6.45, 7) is 0. The fourth-order valence-electron chi connectivity index (χ4n) is 1.23. The van der Waals surface area contributed by atoms with E-state index in [1.807, 2.05) is 0 Å². The van der Waals surface area contributed by atoms with Gasteiger partial charge in [-0.2, -0.15) is 0 Å². The Balaban J connectivity index is 1.88. The number of amides is 1. The van der Waals surface area contributed by atoms with Gasteiger partial charge in [0.2, 0.25) is 11.1 Å². The molecule has 1 heterocycles. The number of nitrogens with two attached hydrogens (primary N) is 1. The highest BCUT2D eigenvalue weighted by molar-refractivity contribution is 7.99. The van der Waals surface area contributed by atoms with Crippen molar-refractivity contribution in [2.24, 2.45) is 0 Å². The molecule has 1 amide bonds. The largest absolute Gasteiger partial charge is 0.336 e. The predicted molar refractivity (Wildman–Crippen MR) is 65.9 cm³/mol. The maximum absolute atomic E-state index is 12.9. The van der Waals surface area contributed by atoms with Crippen LogP contribution in [0.25, 0.3) is 0 Å². The van der Waals surface area contributed by atoms with Gasteiger partial charge in [0, 0.05) is 5.69 Å². The number of benzene rings is 1. The zero-order valence-corrected chi connectivity index (χ0v) is 10.0. The van der Waals surface area contributed by atoms with E-state index in [1.165, 1.54) is 29.2 Å². The van der Waals surface area contributed by atoms with Crippen molar-refractivity contribution in [1.29, 1.82) is 0 Å². The number of hydrogen-bond acceptors (Lipinski definition) is 5. The number of rotatable bonds is 4. The van der Waals surface area contributed by atoms with Gasteiger partial charge in [0.15, 0.2) is 0 Å². The summed E-state index contributed by atoms with van der Waals surface area (Å²) in [6, 6.07) is 5.68. The minimum absolute atomic E-state index is 0.117. The maximum Gasteiger partial charge on any atom is 0.234 e. The van der Waals surface area contributed by atoms with E-state index in [-0.39, 0.29) is 11.7 Å². The second kappa shape index (κ2) is 5.50. The van der Waals surface area contributed by atoms with Crippen LogP contribution in [0, 0.1) is 5.82 Å². The first-order chi connectivity index (χ1) is 8.65. The highest BCUT2D eigenvalue weighted by Gasteiger charge is 2.07. The van der Waals surface area contributed by atoms with Gasteiger partial charge in [0.25, 0.3) is 0 Å². The van der Waals surface area contributed by atoms with Crippen LogP contribution < -0.4 is 11.2 Å². The molecule has 8 heteroatoms. The Labute approximate surface area is 106 Å². The van der Waals surface area contributed by atoms with Gasteiger partial charge >= 0.3 is 0 Å². The highest BCUT2D eigenvalue weighted by Crippen LogP contribution is 2.14. The quantitative estimate of drug-likeness (QED) is 0.634. The van der Waals surface area contributed by atoms with E-state index in [9.17, 15) is 9.18 Å². The zero-order valence-electron chi connectivity index (χ0n) is 9.21. The van der Waals surface area contributed by atoms with Crippen LogP contribution in [0.5, 0.6) is 0 Å². The second-order valence-corrected chi connectivity index (χ2v) is 4.31. The third kappa shape index (κ3) is 3.20. The smallest absolute Gasteiger partial charge is 0.234 e. The Bertz CT molecular complexity index is 559. The van der Waals surface area contributed by atoms with Crippen LogP contribution in [0.2, 0.25) is 0 Å². The Morgan fingerprint density at radius 1 is 1.56 bits per heavy atom. The fraction of sp³-hybridized carbons (Fsp3) is 0.100. The molecule has 0 saturated heterocycles. The maximum atomic E-state index is 12.9. The lowest BCUT2D eigenvalue weighted by molar-refractivity contribution is -0.113. The summed E-state index contributed by atoms with van der Waals surface area (Å²) >= 11 is 1.14. The van der Waals surface area contributed by atoms with Crippen LogP contribution in [0.4, 0.5) is 10.1 Å². The second-order valence-electron chi connectivity index (χ2n) is 3.37. The number of carbonyl (C=O) groups is 1. The average molecular weight is 267 g/mol. The minimum Gasteiger partial charge on any atom is -0.336 e. The van der Waals surface area contributed by atoms with E-state index < -0.39 is 5.82 Å². The van der Waals surface area contributed by atoms with E-state index in [0.717, 1.165) is 11.8 Å². The third-order valence-electron chi connectivity index (χ3n) is 1.98. The molecule has 1 aromatic carbocycles. The summed E-state index contributed by atoms with van der Waals surface area (Å²) in [5.74, 6) is 4.94. The molecule has 6 nitrogen and oxygen atoms in total. The number of nitrogens with zero attached hydrogens (tertiary/aromatic N) is 3. The third-order valence-corrected chi connectivity index (χ3v) is 2.94. The monoisotopic (exact) mass is 267 g/mol. The van der Waals surface area contributed by atoms with E-state index in [4.69, 9.17) is 5.84 Å². The molecule has 0 bridgehead atoms. The van der Waals surface area contributed by atoms with Crippen molar-refractivity contribution in [3.8, 4) is 0 Å². The van der Waals surface area contributed by atoms with Gasteiger partial charge in [0.05, 0.1) is 5.75 Å². The van der Waals surface area contributed by atoms with Gasteiger partial charge in [-0.05, 0) is 18.2 Å². The summed E-state index contributed by atoms with van der Waals surface area (Å²) in [4.78, 5) is 11.6. The number of carbonyl (C=O) groups excluding carboxylic acids is 1. The van der Waals surface area contributed by atoms with Crippen LogP contribution >= 0.6 is 11.8 Å². The van der Waals surface area contributed by atoms with Crippen molar-refractivity contribution in [3.63, 3.8) is 0 Å². The van der Waals surface area contributed by atoms with Crippen molar-refractivity contribution in [1.82, 2.24) is 14.9 Å². The molecular formula is C10H10FN5OS. The molecule has 2 rings (SSSR count). The Morgan fingerprint density at radius 2 is 2.39 bits per heavy atom. The Hall–Kier alpha value is -2.09. The first kappa shape index (κ1) is 12.4. The molecular weight excluding hydrogens is 257 g/mol. The molecule has 0 saturated carbocycles. The normalized spacial score (nSPS) is 10.3. The molecule has 0 atom stereocenters. The molecule has 94 valence electrons. The lowest BCUT2D eigenvalue weighted by atomic mass is 10.3. The van der Waals surface area contributed by atoms with Gasteiger partial charge in [0.1, 0.15) is 12.1 Å². The number of nitrogens with one attached hydrogen (secondary N) is 1. The van der Waals surface area contributed by atoms with Crippen LogP contribution in [0.15, 0.2) is 35.7 Å². The number of hydrogen-bond donors (Lipinski definition) is 2. The van der Waals surface area contributed by atoms with Crippen LogP contribution in [-0.2, 0) is 4.79 Å². The summed E-state index contributed by atoms with van der Waals surface area (Å²) < 4.78 is 14.1. The Morgan fingerprint density at radius 3 is 3.06 bits per heavy atom.